The average molecular weight is 724 g/mol. The highest BCUT2D eigenvalue weighted by Gasteiger charge is 2.30. The number of carbonyl (C=O) groups is 2. The van der Waals surface area contributed by atoms with Crippen LogP contribution in [0.15, 0.2) is 71.6 Å². The van der Waals surface area contributed by atoms with Crippen molar-refractivity contribution in [2.24, 2.45) is 5.73 Å². The molecule has 0 aliphatic carbocycles. The molecule has 0 aromatic heterocycles. The molecular formula is C37H37Cl2FN4O4S. The van der Waals surface area contributed by atoms with Crippen molar-refractivity contribution in [1.82, 2.24) is 9.80 Å². The molecule has 0 spiro atoms. The van der Waals surface area contributed by atoms with Gasteiger partial charge in [-0.05, 0) is 91.0 Å². The lowest BCUT2D eigenvalue weighted by atomic mass is 9.88. The summed E-state index contributed by atoms with van der Waals surface area (Å²) in [6, 6.07) is 21.2. The fraction of sp³-hybridized carbons (Fsp3) is 0.324. The van der Waals surface area contributed by atoms with E-state index in [1.807, 2.05) is 24.3 Å². The van der Waals surface area contributed by atoms with Gasteiger partial charge in [0, 0.05) is 18.7 Å². The first kappa shape index (κ1) is 36.3. The van der Waals surface area contributed by atoms with E-state index in [0.29, 0.717) is 33.8 Å². The van der Waals surface area contributed by atoms with Gasteiger partial charge in [-0.3, -0.25) is 13.8 Å². The van der Waals surface area contributed by atoms with E-state index in [4.69, 9.17) is 33.7 Å². The van der Waals surface area contributed by atoms with Crippen LogP contribution in [0.1, 0.15) is 58.1 Å². The number of carbonyl (C=O) groups excluding carboxylic acids is 2. The number of hydrogen-bond acceptors (Lipinski definition) is 6. The standard InChI is InChI=1S/C37H37Cl2FN4O4S/c1-48-35-27(20-41)18-25-6-3-4-7-28(25)34(35)37(46)44(22-33(42)45)21-26(24-10-11-30(38)31(39)19-24)14-17-43-15-12-23(13-16-43)29-8-5-9-32(40)36(29)49(2)47/h3-11,18-19,23,26H,12-17,21-22H2,1-2H3,(H2,42,45). The molecule has 256 valence electrons. The summed E-state index contributed by atoms with van der Waals surface area (Å²) in [6.45, 7) is 1.94. The highest BCUT2D eigenvalue weighted by molar-refractivity contribution is 7.84. The maximum absolute atomic E-state index is 14.6. The number of primary amides is 1. The lowest BCUT2D eigenvalue weighted by molar-refractivity contribution is -0.118. The normalized spacial score (nSPS) is 15.0. The van der Waals surface area contributed by atoms with E-state index in [-0.39, 0.29) is 46.7 Å². The summed E-state index contributed by atoms with van der Waals surface area (Å²) >= 11 is 12.7. The number of nitriles is 1. The number of halogens is 3. The molecule has 2 amide bonds. The number of fused-ring (bicyclic) bond motifs is 1. The van der Waals surface area contributed by atoms with E-state index in [0.717, 1.165) is 37.1 Å². The molecule has 49 heavy (non-hydrogen) atoms. The van der Waals surface area contributed by atoms with Crippen molar-refractivity contribution in [1.29, 1.82) is 5.26 Å². The summed E-state index contributed by atoms with van der Waals surface area (Å²) in [7, 11) is -0.0337. The number of nitrogens with zero attached hydrogens (tertiary/aromatic N) is 3. The molecule has 1 saturated heterocycles. The molecule has 1 heterocycles. The van der Waals surface area contributed by atoms with Crippen molar-refractivity contribution in [2.45, 2.75) is 36.0 Å². The van der Waals surface area contributed by atoms with Crippen molar-refractivity contribution in [2.75, 3.05) is 46.1 Å². The largest absolute Gasteiger partial charge is 0.495 e. The Kier molecular flexibility index (Phi) is 11.9. The van der Waals surface area contributed by atoms with Gasteiger partial charge in [0.2, 0.25) is 5.91 Å². The third-order valence-electron chi connectivity index (χ3n) is 9.14. The molecule has 0 saturated carbocycles. The summed E-state index contributed by atoms with van der Waals surface area (Å²) in [5.74, 6) is -1.67. The van der Waals surface area contributed by atoms with Crippen LogP contribution in [0.2, 0.25) is 10.0 Å². The zero-order valence-electron chi connectivity index (χ0n) is 27.3. The lowest BCUT2D eigenvalue weighted by Crippen LogP contribution is -2.42. The molecule has 2 unspecified atom stereocenters. The minimum absolute atomic E-state index is 0.0920. The molecule has 4 aromatic carbocycles. The fourth-order valence-electron chi connectivity index (χ4n) is 6.75. The summed E-state index contributed by atoms with van der Waals surface area (Å²) < 4.78 is 32.5. The molecule has 1 aliphatic heterocycles. The van der Waals surface area contributed by atoms with Gasteiger partial charge in [-0.1, -0.05) is 65.7 Å². The number of methoxy groups -OCH3 is 1. The van der Waals surface area contributed by atoms with E-state index in [2.05, 4.69) is 11.0 Å². The Morgan fingerprint density at radius 1 is 1.10 bits per heavy atom. The molecule has 0 radical (unpaired) electrons. The maximum atomic E-state index is 14.6. The Balaban J connectivity index is 1.42. The number of hydrogen-bond donors (Lipinski definition) is 1. The van der Waals surface area contributed by atoms with E-state index < -0.39 is 28.4 Å². The number of likely N-dealkylation sites (tertiary alicyclic amines) is 1. The Labute approximate surface area is 298 Å². The lowest BCUT2D eigenvalue weighted by Gasteiger charge is -2.34. The number of piperidine rings is 1. The number of amides is 2. The van der Waals surface area contributed by atoms with Crippen LogP contribution in [0.4, 0.5) is 4.39 Å². The Hall–Kier alpha value is -4.01. The van der Waals surface area contributed by atoms with Crippen molar-refractivity contribution in [3.05, 3.63) is 105 Å². The minimum atomic E-state index is -1.44. The van der Waals surface area contributed by atoms with Crippen molar-refractivity contribution in [3.63, 3.8) is 0 Å². The fourth-order valence-corrected chi connectivity index (χ4v) is 7.97. The minimum Gasteiger partial charge on any atom is -0.495 e. The zero-order valence-corrected chi connectivity index (χ0v) is 29.6. The van der Waals surface area contributed by atoms with Crippen molar-refractivity contribution < 1.29 is 22.9 Å². The van der Waals surface area contributed by atoms with Gasteiger partial charge in [-0.2, -0.15) is 5.26 Å². The SMILES string of the molecule is COc1c(C#N)cc2ccccc2c1C(=O)N(CC(N)=O)CC(CCN1CCC(c2cccc(F)c2S(C)=O)CC1)c1ccc(Cl)c(Cl)c1. The van der Waals surface area contributed by atoms with Gasteiger partial charge in [0.15, 0.2) is 0 Å². The quantitative estimate of drug-likeness (QED) is 0.170. The first-order valence-electron chi connectivity index (χ1n) is 15.9. The highest BCUT2D eigenvalue weighted by atomic mass is 35.5. The van der Waals surface area contributed by atoms with Crippen LogP contribution in [0.3, 0.4) is 0 Å². The third-order valence-corrected chi connectivity index (χ3v) is 10.9. The second kappa shape index (κ2) is 16.1. The van der Waals surface area contributed by atoms with E-state index >= 15 is 0 Å². The monoisotopic (exact) mass is 722 g/mol. The van der Waals surface area contributed by atoms with Gasteiger partial charge in [0.1, 0.15) is 17.6 Å². The number of ether oxygens (including phenoxy) is 1. The molecule has 4 aromatic rings. The Morgan fingerprint density at radius 2 is 1.84 bits per heavy atom. The predicted octanol–water partition coefficient (Wildman–Crippen LogP) is 6.88. The first-order chi connectivity index (χ1) is 23.5. The zero-order chi connectivity index (χ0) is 35.2. The first-order valence-corrected chi connectivity index (χ1v) is 18.2. The molecule has 2 N–H and O–H groups in total. The third kappa shape index (κ3) is 8.25. The van der Waals surface area contributed by atoms with Crippen LogP contribution in [0.25, 0.3) is 10.8 Å². The Bertz CT molecular complexity index is 1940. The van der Waals surface area contributed by atoms with Gasteiger partial charge >= 0.3 is 0 Å². The molecule has 0 bridgehead atoms. The van der Waals surface area contributed by atoms with Gasteiger partial charge in [0.25, 0.3) is 5.91 Å². The summed E-state index contributed by atoms with van der Waals surface area (Å²) in [6.07, 6.45) is 3.66. The number of benzene rings is 4. The van der Waals surface area contributed by atoms with Crippen molar-refractivity contribution >= 4 is 56.6 Å². The van der Waals surface area contributed by atoms with E-state index in [9.17, 15) is 23.5 Å². The van der Waals surface area contributed by atoms with Gasteiger partial charge in [0.05, 0.1) is 50.5 Å². The van der Waals surface area contributed by atoms with Crippen LogP contribution in [-0.2, 0) is 15.6 Å². The van der Waals surface area contributed by atoms with Crippen LogP contribution in [0.5, 0.6) is 5.75 Å². The highest BCUT2D eigenvalue weighted by Crippen LogP contribution is 2.36. The molecule has 5 rings (SSSR count). The maximum Gasteiger partial charge on any atom is 0.258 e. The molecule has 1 aliphatic rings. The van der Waals surface area contributed by atoms with E-state index in [1.54, 1.807) is 36.4 Å². The summed E-state index contributed by atoms with van der Waals surface area (Å²) in [5, 5.41) is 11.9. The summed E-state index contributed by atoms with van der Waals surface area (Å²) in [4.78, 5) is 30.8. The van der Waals surface area contributed by atoms with Gasteiger partial charge in [-0.15, -0.1) is 0 Å². The molecule has 12 heteroatoms. The molecule has 2 atom stereocenters. The molecule has 8 nitrogen and oxygen atoms in total. The van der Waals surface area contributed by atoms with Crippen LogP contribution < -0.4 is 10.5 Å². The Morgan fingerprint density at radius 3 is 2.49 bits per heavy atom. The average Bonchev–Trinajstić information content (AvgIpc) is 3.09. The van der Waals surface area contributed by atoms with Gasteiger partial charge < -0.3 is 20.3 Å². The molecular weight excluding hydrogens is 686 g/mol. The van der Waals surface area contributed by atoms with Crippen LogP contribution >= 0.6 is 23.2 Å². The number of rotatable bonds is 12. The van der Waals surface area contributed by atoms with Crippen LogP contribution in [-0.4, -0.2) is 71.9 Å². The van der Waals surface area contributed by atoms with E-state index in [1.165, 1.54) is 24.3 Å². The smallest absolute Gasteiger partial charge is 0.258 e. The second-order valence-electron chi connectivity index (χ2n) is 12.2. The summed E-state index contributed by atoms with van der Waals surface area (Å²) in [5.41, 5.74) is 7.71. The van der Waals surface area contributed by atoms with Gasteiger partial charge in [-0.25, -0.2) is 4.39 Å². The topological polar surface area (TPSA) is 117 Å². The molecule has 1 fully saturated rings. The predicted molar refractivity (Wildman–Crippen MR) is 191 cm³/mol. The van der Waals surface area contributed by atoms with Crippen LogP contribution in [0, 0.1) is 17.1 Å². The van der Waals surface area contributed by atoms with Crippen molar-refractivity contribution in [3.8, 4) is 11.8 Å². The second-order valence-corrected chi connectivity index (χ2v) is 14.3. The number of nitrogens with two attached hydrogens (primary N) is 1.